The van der Waals surface area contributed by atoms with Gasteiger partial charge in [0.05, 0.1) is 31.7 Å². The van der Waals surface area contributed by atoms with Crippen LogP contribution in [0, 0.1) is 0 Å². The molecule has 2 N–H and O–H groups in total. The second-order valence-electron chi connectivity index (χ2n) is 11.2. The van der Waals surface area contributed by atoms with Crippen molar-refractivity contribution in [3.63, 3.8) is 0 Å². The number of ether oxygens (including phenoxy) is 5. The lowest BCUT2D eigenvalue weighted by atomic mass is 9.95. The van der Waals surface area contributed by atoms with E-state index in [2.05, 4.69) is 10.6 Å². The number of methoxy groups -OCH3 is 1. The van der Waals surface area contributed by atoms with E-state index in [-0.39, 0.29) is 24.8 Å². The van der Waals surface area contributed by atoms with E-state index in [1.165, 1.54) is 25.9 Å². The van der Waals surface area contributed by atoms with E-state index < -0.39 is 73.0 Å². The summed E-state index contributed by atoms with van der Waals surface area (Å²) in [4.78, 5) is 80.6. The lowest BCUT2D eigenvalue weighted by molar-refractivity contribution is -0.226. The minimum Gasteiger partial charge on any atom is -0.465 e. The van der Waals surface area contributed by atoms with Gasteiger partial charge in [0, 0.05) is 27.7 Å². The number of benzene rings is 2. The van der Waals surface area contributed by atoms with Crippen molar-refractivity contribution in [2.75, 3.05) is 13.7 Å². The van der Waals surface area contributed by atoms with E-state index in [4.69, 9.17) is 28.7 Å². The third-order valence-corrected chi connectivity index (χ3v) is 7.49. The van der Waals surface area contributed by atoms with Crippen LogP contribution in [0.2, 0.25) is 0 Å². The number of carbonyl (C=O) groups excluding carboxylic acids is 6. The molecular formula is C33H38N4O11. The fourth-order valence-electron chi connectivity index (χ4n) is 5.43. The molecule has 4 rings (SSSR count). The van der Waals surface area contributed by atoms with Crippen molar-refractivity contribution in [1.29, 1.82) is 0 Å². The van der Waals surface area contributed by atoms with Gasteiger partial charge in [0.1, 0.15) is 18.8 Å². The van der Waals surface area contributed by atoms with Gasteiger partial charge in [0.15, 0.2) is 18.4 Å². The van der Waals surface area contributed by atoms with Crippen LogP contribution in [0.4, 0.5) is 0 Å². The SMILES string of the molecule is COC(=O)c1ccc(CN2C(=O)C[C@@H](c3ccccc3)N=C2N[C@H]2O[C@H](COC(C)=O)[C@@H](OC(C)=O)[C@H](OC(C)=O)[C@H]2NC(C)=O)cc1. The van der Waals surface area contributed by atoms with Gasteiger partial charge < -0.3 is 34.3 Å². The molecule has 2 aliphatic rings. The first kappa shape index (κ1) is 35.5. The summed E-state index contributed by atoms with van der Waals surface area (Å²) in [5, 5.41) is 5.82. The van der Waals surface area contributed by atoms with Crippen molar-refractivity contribution in [2.45, 2.75) is 77.3 Å². The fraction of sp³-hybridized carbons (Fsp3) is 0.424. The minimum atomic E-state index is -1.31. The number of hydrogen-bond acceptors (Lipinski definition) is 13. The molecule has 2 aliphatic heterocycles. The Morgan fingerprint density at radius 1 is 0.896 bits per heavy atom. The highest BCUT2D eigenvalue weighted by Crippen LogP contribution is 2.30. The quantitative estimate of drug-likeness (QED) is 0.276. The molecule has 0 bridgehead atoms. The Morgan fingerprint density at radius 3 is 2.12 bits per heavy atom. The molecule has 6 atom stereocenters. The maximum absolute atomic E-state index is 13.8. The van der Waals surface area contributed by atoms with E-state index in [0.29, 0.717) is 11.1 Å². The molecule has 15 heteroatoms. The van der Waals surface area contributed by atoms with Gasteiger partial charge in [0.2, 0.25) is 17.8 Å². The maximum Gasteiger partial charge on any atom is 0.337 e. The van der Waals surface area contributed by atoms with Crippen molar-refractivity contribution in [3.8, 4) is 0 Å². The van der Waals surface area contributed by atoms with Crippen LogP contribution in [0.3, 0.4) is 0 Å². The molecule has 1 fully saturated rings. The van der Waals surface area contributed by atoms with Crippen molar-refractivity contribution in [1.82, 2.24) is 15.5 Å². The van der Waals surface area contributed by atoms with Crippen molar-refractivity contribution < 1.29 is 52.5 Å². The first-order valence-electron chi connectivity index (χ1n) is 15.1. The number of esters is 4. The molecule has 2 aromatic rings. The average molecular weight is 667 g/mol. The number of carbonyl (C=O) groups is 6. The second kappa shape index (κ2) is 16.0. The van der Waals surface area contributed by atoms with E-state index in [1.54, 1.807) is 24.3 Å². The number of rotatable bonds is 10. The predicted molar refractivity (Wildman–Crippen MR) is 167 cm³/mol. The molecule has 1 saturated heterocycles. The number of aliphatic imine (C=N–C) groups is 1. The lowest BCUT2D eigenvalue weighted by Crippen LogP contribution is -2.70. The molecule has 2 aromatic carbocycles. The van der Waals surface area contributed by atoms with E-state index in [0.717, 1.165) is 19.4 Å². The number of amides is 2. The predicted octanol–water partition coefficient (Wildman–Crippen LogP) is 1.55. The molecular weight excluding hydrogens is 628 g/mol. The number of nitrogens with one attached hydrogen (secondary N) is 2. The first-order valence-corrected chi connectivity index (χ1v) is 15.1. The molecule has 2 amide bonds. The fourth-order valence-corrected chi connectivity index (χ4v) is 5.43. The zero-order valence-corrected chi connectivity index (χ0v) is 27.2. The third kappa shape index (κ3) is 9.15. The Kier molecular flexibility index (Phi) is 11.8. The van der Waals surface area contributed by atoms with Gasteiger partial charge >= 0.3 is 23.9 Å². The summed E-state index contributed by atoms with van der Waals surface area (Å²) < 4.78 is 27.3. The van der Waals surface area contributed by atoms with Gasteiger partial charge in [-0.2, -0.15) is 0 Å². The van der Waals surface area contributed by atoms with E-state index >= 15 is 0 Å². The van der Waals surface area contributed by atoms with Gasteiger partial charge in [-0.05, 0) is 23.3 Å². The van der Waals surface area contributed by atoms with Crippen LogP contribution in [0.5, 0.6) is 0 Å². The second-order valence-corrected chi connectivity index (χ2v) is 11.2. The lowest BCUT2D eigenvalue weighted by Gasteiger charge is -2.46. The number of guanidine groups is 1. The zero-order chi connectivity index (χ0) is 35.0. The summed E-state index contributed by atoms with van der Waals surface area (Å²) >= 11 is 0. The van der Waals surface area contributed by atoms with E-state index in [9.17, 15) is 28.8 Å². The van der Waals surface area contributed by atoms with Crippen LogP contribution in [0.25, 0.3) is 0 Å². The summed E-state index contributed by atoms with van der Waals surface area (Å²) in [5.41, 5.74) is 1.76. The minimum absolute atomic E-state index is 0.0332. The van der Waals surface area contributed by atoms with Crippen LogP contribution in [-0.2, 0) is 54.2 Å². The molecule has 15 nitrogen and oxygen atoms in total. The summed E-state index contributed by atoms with van der Waals surface area (Å²) in [6, 6.07) is 13.9. The van der Waals surface area contributed by atoms with Crippen molar-refractivity contribution in [3.05, 3.63) is 71.3 Å². The van der Waals surface area contributed by atoms with Gasteiger partial charge in [-0.3, -0.25) is 28.9 Å². The number of hydrogen-bond donors (Lipinski definition) is 2. The highest BCUT2D eigenvalue weighted by Gasteiger charge is 2.51. The summed E-state index contributed by atoms with van der Waals surface area (Å²) in [6.07, 6.45) is -5.00. The molecule has 2 heterocycles. The number of nitrogens with zero attached hydrogens (tertiary/aromatic N) is 2. The molecule has 0 spiro atoms. The zero-order valence-electron chi connectivity index (χ0n) is 27.2. The van der Waals surface area contributed by atoms with Crippen molar-refractivity contribution in [2.24, 2.45) is 4.99 Å². The molecule has 0 aliphatic carbocycles. The normalized spacial score (nSPS) is 23.6. The van der Waals surface area contributed by atoms with Gasteiger partial charge in [-0.25, -0.2) is 9.79 Å². The average Bonchev–Trinajstić information content (AvgIpc) is 3.04. The van der Waals surface area contributed by atoms with Crippen LogP contribution >= 0.6 is 0 Å². The highest BCUT2D eigenvalue weighted by molar-refractivity contribution is 5.99. The Labute approximate surface area is 276 Å². The van der Waals surface area contributed by atoms with Crippen molar-refractivity contribution >= 4 is 41.7 Å². The smallest absolute Gasteiger partial charge is 0.337 e. The van der Waals surface area contributed by atoms with Gasteiger partial charge in [-0.15, -0.1) is 0 Å². The topological polar surface area (TPSA) is 188 Å². The maximum atomic E-state index is 13.8. The van der Waals surface area contributed by atoms with Crippen LogP contribution in [0.15, 0.2) is 59.6 Å². The summed E-state index contributed by atoms with van der Waals surface area (Å²) in [6.45, 7) is 4.36. The summed E-state index contributed by atoms with van der Waals surface area (Å²) in [7, 11) is 1.28. The van der Waals surface area contributed by atoms with E-state index in [1.807, 2.05) is 30.3 Å². The highest BCUT2D eigenvalue weighted by atomic mass is 16.6. The largest absolute Gasteiger partial charge is 0.465 e. The van der Waals surface area contributed by atoms with Crippen LogP contribution in [-0.4, -0.2) is 90.8 Å². The monoisotopic (exact) mass is 666 g/mol. The summed E-state index contributed by atoms with van der Waals surface area (Å²) in [5.74, 6) is -3.40. The molecule has 0 saturated carbocycles. The first-order chi connectivity index (χ1) is 22.9. The van der Waals surface area contributed by atoms with Gasteiger partial charge in [-0.1, -0.05) is 42.5 Å². The standard InChI is InChI=1S/C33H38N4O11/c1-18(38)34-28-30(47-21(4)41)29(46-20(3)40)26(17-45-19(2)39)48-31(28)36-33-35-25(23-9-7-6-8-10-23)15-27(42)37(33)16-22-11-13-24(14-12-22)32(43)44-5/h6-14,25-26,28-31H,15-17H2,1-5H3,(H,34,38)(H,35,36)/t25-,26+,28+,29+,30+,31-/m0/s1. The molecule has 0 aromatic heterocycles. The third-order valence-electron chi connectivity index (χ3n) is 7.49. The Balaban J connectivity index is 1.76. The molecule has 48 heavy (non-hydrogen) atoms. The molecule has 0 radical (unpaired) electrons. The Morgan fingerprint density at radius 2 is 1.54 bits per heavy atom. The molecule has 256 valence electrons. The van der Waals surface area contributed by atoms with Gasteiger partial charge in [0.25, 0.3) is 0 Å². The van der Waals surface area contributed by atoms with Crippen LogP contribution < -0.4 is 10.6 Å². The Bertz CT molecular complexity index is 1550. The molecule has 0 unspecified atom stereocenters. The van der Waals surface area contributed by atoms with Crippen LogP contribution in [0.1, 0.15) is 61.6 Å². The Hall–Kier alpha value is -5.31.